The van der Waals surface area contributed by atoms with Gasteiger partial charge < -0.3 is 31.1 Å². The van der Waals surface area contributed by atoms with E-state index in [9.17, 15) is 15.3 Å². The number of hydrogen-bond donors (Lipinski definition) is 5. The molecule has 1 unspecified atom stereocenters. The molecule has 0 spiro atoms. The molecular weight excluding hydrogens is 388 g/mol. The van der Waals surface area contributed by atoms with E-state index in [1.807, 2.05) is 0 Å². The molecule has 1 aromatic carbocycles. The third-order valence-corrected chi connectivity index (χ3v) is 5.03. The third-order valence-electron chi connectivity index (χ3n) is 4.67. The number of fused-ring (bicyclic) bond motifs is 1. The Labute approximate surface area is 164 Å². The summed E-state index contributed by atoms with van der Waals surface area (Å²) in [5.74, 6) is 0.467. The Morgan fingerprint density at radius 2 is 2.04 bits per heavy atom. The number of hydrogen-bond acceptors (Lipinski definition) is 9. The van der Waals surface area contributed by atoms with Gasteiger partial charge in [-0.25, -0.2) is 15.0 Å². The first-order valence-electron chi connectivity index (χ1n) is 8.57. The summed E-state index contributed by atoms with van der Waals surface area (Å²) >= 11 is 6.19. The van der Waals surface area contributed by atoms with Crippen LogP contribution in [0.25, 0.3) is 11.2 Å². The second kappa shape index (κ2) is 7.49. The van der Waals surface area contributed by atoms with Crippen LogP contribution in [0.2, 0.25) is 5.02 Å². The number of aliphatic hydroxyl groups is 3. The topological polar surface area (TPSA) is 152 Å². The van der Waals surface area contributed by atoms with Crippen molar-refractivity contribution in [3.05, 3.63) is 41.4 Å². The number of nitrogen functional groups attached to an aromatic ring is 1. The number of benzene rings is 1. The summed E-state index contributed by atoms with van der Waals surface area (Å²) in [6.07, 6.45) is -1.46. The standard InChI is InChI=1S/C17H19ClN6O4/c18-10-2-1-9(19)3-8(10)4-20-15-12-16(22-6-21-15)24(7-23-12)17-14(27)13(26)11(5-25)28-17/h1-3,6-7,11,13-14,17,25-27H,4-5,19H2,(H,20,21,22)/t11-,13-,14-,17?/m1/s1. The van der Waals surface area contributed by atoms with E-state index < -0.39 is 31.1 Å². The average Bonchev–Trinajstić information content (AvgIpc) is 3.24. The fourth-order valence-electron chi connectivity index (χ4n) is 3.19. The molecule has 3 heterocycles. The number of ether oxygens (including phenoxy) is 1. The monoisotopic (exact) mass is 406 g/mol. The highest BCUT2D eigenvalue weighted by Gasteiger charge is 2.44. The molecule has 2 aromatic heterocycles. The van der Waals surface area contributed by atoms with Crippen LogP contribution in [0.4, 0.5) is 11.5 Å². The molecular formula is C17H19ClN6O4. The quantitative estimate of drug-likeness (QED) is 0.376. The molecule has 11 heteroatoms. The van der Waals surface area contributed by atoms with E-state index in [1.54, 1.807) is 18.2 Å². The molecule has 0 amide bonds. The van der Waals surface area contributed by atoms with Gasteiger partial charge in [0, 0.05) is 17.3 Å². The molecule has 6 N–H and O–H groups in total. The van der Waals surface area contributed by atoms with Crippen LogP contribution < -0.4 is 11.1 Å². The molecule has 0 aliphatic carbocycles. The molecule has 10 nitrogen and oxygen atoms in total. The van der Waals surface area contributed by atoms with E-state index in [4.69, 9.17) is 22.1 Å². The van der Waals surface area contributed by atoms with E-state index in [-0.39, 0.29) is 0 Å². The number of aromatic nitrogens is 4. The van der Waals surface area contributed by atoms with Gasteiger partial charge in [-0.3, -0.25) is 4.57 Å². The Kier molecular flexibility index (Phi) is 5.04. The van der Waals surface area contributed by atoms with Gasteiger partial charge in [-0.15, -0.1) is 0 Å². The molecule has 1 aliphatic rings. The van der Waals surface area contributed by atoms with Crippen molar-refractivity contribution in [2.24, 2.45) is 0 Å². The van der Waals surface area contributed by atoms with Crippen LogP contribution in [0.1, 0.15) is 11.8 Å². The zero-order valence-electron chi connectivity index (χ0n) is 14.6. The molecule has 3 aromatic rings. The van der Waals surface area contributed by atoms with E-state index in [0.717, 1.165) is 5.56 Å². The van der Waals surface area contributed by atoms with E-state index in [1.165, 1.54) is 17.2 Å². The summed E-state index contributed by atoms with van der Waals surface area (Å²) in [7, 11) is 0. The van der Waals surface area contributed by atoms with Gasteiger partial charge in [-0.2, -0.15) is 0 Å². The highest BCUT2D eigenvalue weighted by atomic mass is 35.5. The molecule has 1 fully saturated rings. The minimum absolute atomic E-state index is 0.372. The van der Waals surface area contributed by atoms with Crippen molar-refractivity contribution >= 4 is 34.3 Å². The SMILES string of the molecule is Nc1ccc(Cl)c(CNc2ncnc3c2ncn3C2O[C@H](CO)[C@@H](O)[C@H]2O)c1. The van der Waals surface area contributed by atoms with Crippen molar-refractivity contribution in [3.63, 3.8) is 0 Å². The molecule has 0 saturated carbocycles. The van der Waals surface area contributed by atoms with Gasteiger partial charge in [0.2, 0.25) is 0 Å². The van der Waals surface area contributed by atoms with Crippen LogP contribution in [-0.2, 0) is 11.3 Å². The van der Waals surface area contributed by atoms with Crippen LogP contribution in [0, 0.1) is 0 Å². The van der Waals surface area contributed by atoms with Gasteiger partial charge in [0.1, 0.15) is 24.6 Å². The zero-order chi connectivity index (χ0) is 19.8. The lowest BCUT2D eigenvalue weighted by Gasteiger charge is -2.16. The van der Waals surface area contributed by atoms with Gasteiger partial charge in [-0.1, -0.05) is 11.6 Å². The second-order valence-corrected chi connectivity index (χ2v) is 6.89. The highest BCUT2D eigenvalue weighted by molar-refractivity contribution is 6.31. The number of halogens is 1. The number of anilines is 2. The van der Waals surface area contributed by atoms with Crippen molar-refractivity contribution in [2.75, 3.05) is 17.7 Å². The second-order valence-electron chi connectivity index (χ2n) is 6.48. The lowest BCUT2D eigenvalue weighted by atomic mass is 10.1. The van der Waals surface area contributed by atoms with Crippen molar-refractivity contribution in [1.29, 1.82) is 0 Å². The van der Waals surface area contributed by atoms with E-state index >= 15 is 0 Å². The fraction of sp³-hybridized carbons (Fsp3) is 0.353. The van der Waals surface area contributed by atoms with Crippen LogP contribution in [0.3, 0.4) is 0 Å². The summed E-state index contributed by atoms with van der Waals surface area (Å²) in [6, 6.07) is 5.21. The molecule has 4 rings (SSSR count). The zero-order valence-corrected chi connectivity index (χ0v) is 15.4. The smallest absolute Gasteiger partial charge is 0.167 e. The Hall–Kier alpha value is -2.50. The molecule has 0 radical (unpaired) electrons. The minimum Gasteiger partial charge on any atom is -0.399 e. The van der Waals surface area contributed by atoms with E-state index in [2.05, 4.69) is 20.3 Å². The Balaban J connectivity index is 1.61. The molecule has 1 aliphatic heterocycles. The van der Waals surface area contributed by atoms with Gasteiger partial charge in [0.05, 0.1) is 12.9 Å². The molecule has 4 atom stereocenters. The first-order valence-corrected chi connectivity index (χ1v) is 8.95. The maximum absolute atomic E-state index is 10.2. The lowest BCUT2D eigenvalue weighted by Crippen LogP contribution is -2.33. The number of imidazole rings is 1. The summed E-state index contributed by atoms with van der Waals surface area (Å²) in [4.78, 5) is 12.7. The van der Waals surface area contributed by atoms with Crippen molar-refractivity contribution in [2.45, 2.75) is 31.1 Å². The third kappa shape index (κ3) is 3.25. The van der Waals surface area contributed by atoms with Crippen LogP contribution in [-0.4, -0.2) is 59.8 Å². The summed E-state index contributed by atoms with van der Waals surface area (Å²) in [6.45, 7) is -0.0409. The largest absolute Gasteiger partial charge is 0.399 e. The van der Waals surface area contributed by atoms with Crippen molar-refractivity contribution in [1.82, 2.24) is 19.5 Å². The fourth-order valence-corrected chi connectivity index (χ4v) is 3.37. The lowest BCUT2D eigenvalue weighted by molar-refractivity contribution is -0.0511. The van der Waals surface area contributed by atoms with Gasteiger partial charge in [0.15, 0.2) is 23.2 Å². The number of nitrogens with one attached hydrogen (secondary N) is 1. The summed E-state index contributed by atoms with van der Waals surface area (Å²) in [5, 5.41) is 33.2. The first kappa shape index (κ1) is 18.8. The summed E-state index contributed by atoms with van der Waals surface area (Å²) in [5.41, 5.74) is 8.07. The Bertz CT molecular complexity index is 999. The van der Waals surface area contributed by atoms with Crippen molar-refractivity contribution < 1.29 is 20.1 Å². The van der Waals surface area contributed by atoms with Gasteiger partial charge in [-0.05, 0) is 23.8 Å². The summed E-state index contributed by atoms with van der Waals surface area (Å²) < 4.78 is 7.05. The number of nitrogens with zero attached hydrogens (tertiary/aromatic N) is 4. The maximum Gasteiger partial charge on any atom is 0.167 e. The predicted octanol–water partition coefficient (Wildman–Crippen LogP) is 0.285. The average molecular weight is 407 g/mol. The normalized spacial score (nSPS) is 24.7. The molecule has 148 valence electrons. The predicted molar refractivity (Wildman–Crippen MR) is 102 cm³/mol. The van der Waals surface area contributed by atoms with Crippen LogP contribution in [0.15, 0.2) is 30.9 Å². The van der Waals surface area contributed by atoms with Gasteiger partial charge >= 0.3 is 0 Å². The highest BCUT2D eigenvalue weighted by Crippen LogP contribution is 2.32. The van der Waals surface area contributed by atoms with Crippen molar-refractivity contribution in [3.8, 4) is 0 Å². The maximum atomic E-state index is 10.2. The molecule has 28 heavy (non-hydrogen) atoms. The number of aliphatic hydroxyl groups excluding tert-OH is 3. The minimum atomic E-state index is -1.23. The molecule has 1 saturated heterocycles. The van der Waals surface area contributed by atoms with E-state index in [0.29, 0.717) is 34.2 Å². The molecule has 0 bridgehead atoms. The van der Waals surface area contributed by atoms with Crippen LogP contribution in [0.5, 0.6) is 0 Å². The Morgan fingerprint density at radius 1 is 1.21 bits per heavy atom. The van der Waals surface area contributed by atoms with Crippen LogP contribution >= 0.6 is 11.6 Å². The number of nitrogens with two attached hydrogens (primary N) is 1. The van der Waals surface area contributed by atoms with Gasteiger partial charge in [0.25, 0.3) is 0 Å². The number of rotatable bonds is 5. The Morgan fingerprint density at radius 3 is 2.79 bits per heavy atom. The first-order chi connectivity index (χ1) is 13.5.